The van der Waals surface area contributed by atoms with E-state index in [1.54, 1.807) is 12.1 Å². The highest BCUT2D eigenvalue weighted by Crippen LogP contribution is 2.38. The topological polar surface area (TPSA) is 124 Å². The number of nitro groups is 1. The van der Waals surface area contributed by atoms with Crippen molar-refractivity contribution in [2.45, 2.75) is 119 Å². The predicted molar refractivity (Wildman–Crippen MR) is 192 cm³/mol. The average molecular weight is 667 g/mol. The van der Waals surface area contributed by atoms with Crippen LogP contribution >= 0.6 is 0 Å². The van der Waals surface area contributed by atoms with Gasteiger partial charge < -0.3 is 14.4 Å². The second-order valence-corrected chi connectivity index (χ2v) is 13.5. The zero-order valence-electron chi connectivity index (χ0n) is 30.2. The minimum atomic E-state index is -0.853. The molecule has 0 aliphatic carbocycles. The molecule has 0 spiro atoms. The summed E-state index contributed by atoms with van der Waals surface area (Å²) in [4.78, 5) is 38.8. The summed E-state index contributed by atoms with van der Waals surface area (Å²) in [5.74, 6) is -0.572. The van der Waals surface area contributed by atoms with Crippen LogP contribution in [0.4, 0.5) is 22.7 Å². The zero-order chi connectivity index (χ0) is 35.4. The lowest BCUT2D eigenvalue weighted by atomic mass is 9.72. The van der Waals surface area contributed by atoms with Gasteiger partial charge in [0.05, 0.1) is 40.3 Å². The highest BCUT2D eigenvalue weighted by Gasteiger charge is 2.42. The Hall–Kier alpha value is -3.82. The Morgan fingerprint density at radius 3 is 1.73 bits per heavy atom. The Morgan fingerprint density at radius 1 is 0.729 bits per heavy atom. The number of anilines is 1. The van der Waals surface area contributed by atoms with Gasteiger partial charge in [-0.1, -0.05) is 71.6 Å². The molecule has 48 heavy (non-hydrogen) atoms. The van der Waals surface area contributed by atoms with Crippen molar-refractivity contribution < 1.29 is 24.0 Å². The first-order valence-electron chi connectivity index (χ1n) is 17.8. The summed E-state index contributed by atoms with van der Waals surface area (Å²) >= 11 is 0. The molecule has 0 bridgehead atoms. The molecule has 1 unspecified atom stereocenters. The molecule has 0 aliphatic heterocycles. The van der Waals surface area contributed by atoms with Crippen LogP contribution in [0.2, 0.25) is 0 Å². The predicted octanol–water partition coefficient (Wildman–Crippen LogP) is 10.7. The van der Waals surface area contributed by atoms with E-state index >= 15 is 0 Å². The molecule has 0 saturated heterocycles. The van der Waals surface area contributed by atoms with E-state index in [4.69, 9.17) is 9.47 Å². The van der Waals surface area contributed by atoms with Crippen LogP contribution in [0.1, 0.15) is 119 Å². The third-order valence-corrected chi connectivity index (χ3v) is 8.92. The van der Waals surface area contributed by atoms with E-state index in [0.717, 1.165) is 18.5 Å². The van der Waals surface area contributed by atoms with Crippen molar-refractivity contribution in [3.8, 4) is 0 Å². The van der Waals surface area contributed by atoms with Gasteiger partial charge >= 0.3 is 11.9 Å². The normalized spacial score (nSPS) is 12.9. The molecule has 2 rings (SSSR count). The smallest absolute Gasteiger partial charge is 0.311 e. The number of carbonyl (C=O) groups is 2. The van der Waals surface area contributed by atoms with Crippen LogP contribution in [0.3, 0.4) is 0 Å². The van der Waals surface area contributed by atoms with Gasteiger partial charge in [-0.25, -0.2) is 0 Å². The van der Waals surface area contributed by atoms with Crippen LogP contribution < -0.4 is 4.90 Å². The number of unbranched alkanes of at least 4 members (excludes halogenated alkanes) is 9. The summed E-state index contributed by atoms with van der Waals surface area (Å²) in [5.41, 5.74) is 0.488. The largest absolute Gasteiger partial charge is 0.465 e. The van der Waals surface area contributed by atoms with Crippen molar-refractivity contribution >= 4 is 34.7 Å². The molecule has 2 aromatic rings. The summed E-state index contributed by atoms with van der Waals surface area (Å²) in [6, 6.07) is 13.4. The molecule has 0 aliphatic rings. The Morgan fingerprint density at radius 2 is 1.23 bits per heavy atom. The molecule has 0 fully saturated rings. The molecule has 10 heteroatoms. The van der Waals surface area contributed by atoms with Gasteiger partial charge in [-0.15, -0.1) is 0 Å². The number of non-ortho nitro benzene ring substituents is 1. The van der Waals surface area contributed by atoms with Crippen LogP contribution in [0, 0.1) is 20.9 Å². The highest BCUT2D eigenvalue weighted by molar-refractivity contribution is 5.80. The van der Waals surface area contributed by atoms with E-state index in [0.29, 0.717) is 43.9 Å². The number of ether oxygens (including phenoxy) is 2. The number of benzene rings is 2. The molecule has 0 heterocycles. The number of nitrogens with zero attached hydrogens (tertiary/aromatic N) is 4. The lowest BCUT2D eigenvalue weighted by Crippen LogP contribution is -2.39. The van der Waals surface area contributed by atoms with Crippen molar-refractivity contribution in [3.05, 3.63) is 58.6 Å². The maximum absolute atomic E-state index is 13.2. The Bertz CT molecular complexity index is 1280. The SMILES string of the molecule is CCCCCCCCCCCCOC(=O)C(C)(CC)CC(C)(C)C(=O)OCCN(CC)c1ccc(/N=N/c2ccc([N+](=O)[O-])cc2)cc1. The number of nitro benzene ring substituents is 1. The highest BCUT2D eigenvalue weighted by atomic mass is 16.6. The van der Waals surface area contributed by atoms with Gasteiger partial charge in [0.15, 0.2) is 0 Å². The van der Waals surface area contributed by atoms with Crippen molar-refractivity contribution in [1.82, 2.24) is 0 Å². The number of rotatable bonds is 24. The van der Waals surface area contributed by atoms with Gasteiger partial charge in [0.1, 0.15) is 6.61 Å². The zero-order valence-corrected chi connectivity index (χ0v) is 30.2. The second-order valence-electron chi connectivity index (χ2n) is 13.5. The molecule has 0 N–H and O–H groups in total. The number of esters is 2. The molecular weight excluding hydrogens is 608 g/mol. The number of azo groups is 1. The van der Waals surface area contributed by atoms with Gasteiger partial charge in [-0.2, -0.15) is 10.2 Å². The molecule has 0 aromatic heterocycles. The maximum Gasteiger partial charge on any atom is 0.311 e. The van der Waals surface area contributed by atoms with Crippen LogP contribution in [-0.4, -0.2) is 43.2 Å². The minimum absolute atomic E-state index is 0.00126. The monoisotopic (exact) mass is 666 g/mol. The van der Waals surface area contributed by atoms with Gasteiger partial charge in [-0.05, 0) is 83.4 Å². The molecule has 0 amide bonds. The first-order valence-corrected chi connectivity index (χ1v) is 17.8. The van der Waals surface area contributed by atoms with Crippen LogP contribution in [0.15, 0.2) is 58.8 Å². The van der Waals surface area contributed by atoms with Crippen LogP contribution in [0.5, 0.6) is 0 Å². The molecule has 266 valence electrons. The molecule has 1 atom stereocenters. The Labute approximate surface area is 287 Å². The summed E-state index contributed by atoms with van der Waals surface area (Å²) in [6.07, 6.45) is 13.2. The lowest BCUT2D eigenvalue weighted by molar-refractivity contribution is -0.384. The standard InChI is InChI=1S/C38H58N4O6/c1-7-10-11-12-13-14-15-16-17-18-28-47-36(44)38(6,8-2)30-37(4,5)35(43)48-29-27-41(9-3)33-23-19-31(20-24-33)39-40-32-21-25-34(26-22-32)42(45)46/h19-26H,7-18,27-30H2,1-6H3/b40-39+. The maximum atomic E-state index is 13.2. The van der Waals surface area contributed by atoms with Gasteiger partial charge in [0.2, 0.25) is 0 Å². The fraction of sp³-hybridized carbons (Fsp3) is 0.632. The number of hydrogen-bond acceptors (Lipinski definition) is 9. The van der Waals surface area contributed by atoms with E-state index in [1.165, 1.54) is 63.5 Å². The number of hydrogen-bond donors (Lipinski definition) is 0. The average Bonchev–Trinajstić information content (AvgIpc) is 3.08. The van der Waals surface area contributed by atoms with E-state index in [-0.39, 0.29) is 24.2 Å². The van der Waals surface area contributed by atoms with Crippen molar-refractivity contribution in [1.29, 1.82) is 0 Å². The van der Waals surface area contributed by atoms with E-state index in [9.17, 15) is 19.7 Å². The van der Waals surface area contributed by atoms with Crippen LogP contribution in [-0.2, 0) is 19.1 Å². The summed E-state index contributed by atoms with van der Waals surface area (Å²) in [5, 5.41) is 19.2. The van der Waals surface area contributed by atoms with Gasteiger partial charge in [0, 0.05) is 24.4 Å². The molecule has 0 saturated carbocycles. The van der Waals surface area contributed by atoms with E-state index in [2.05, 4.69) is 22.1 Å². The Kier molecular flexibility index (Phi) is 17.8. The van der Waals surface area contributed by atoms with Crippen LogP contribution in [0.25, 0.3) is 0 Å². The fourth-order valence-corrected chi connectivity index (χ4v) is 5.72. The molecule has 0 radical (unpaired) electrons. The van der Waals surface area contributed by atoms with Gasteiger partial charge in [0.25, 0.3) is 5.69 Å². The number of likely N-dealkylation sites (N-methyl/N-ethyl adjacent to an activating group) is 1. The fourth-order valence-electron chi connectivity index (χ4n) is 5.72. The Balaban J connectivity index is 1.78. The summed E-state index contributed by atoms with van der Waals surface area (Å²) in [7, 11) is 0. The van der Waals surface area contributed by atoms with Crippen molar-refractivity contribution in [2.24, 2.45) is 21.1 Å². The third-order valence-electron chi connectivity index (χ3n) is 8.92. The van der Waals surface area contributed by atoms with Crippen molar-refractivity contribution in [3.63, 3.8) is 0 Å². The van der Waals surface area contributed by atoms with E-state index in [1.807, 2.05) is 58.9 Å². The lowest BCUT2D eigenvalue weighted by Gasteiger charge is -2.34. The first-order chi connectivity index (χ1) is 23.0. The van der Waals surface area contributed by atoms with E-state index < -0.39 is 15.8 Å². The quantitative estimate of drug-likeness (QED) is 0.0359. The minimum Gasteiger partial charge on any atom is -0.465 e. The second kappa shape index (κ2) is 21.2. The molecular formula is C38H58N4O6. The summed E-state index contributed by atoms with van der Waals surface area (Å²) < 4.78 is 11.4. The third kappa shape index (κ3) is 14.1. The summed E-state index contributed by atoms with van der Waals surface area (Å²) in [6.45, 7) is 13.6. The molecule has 10 nitrogen and oxygen atoms in total. The first kappa shape index (κ1) is 40.4. The van der Waals surface area contributed by atoms with Gasteiger partial charge in [-0.3, -0.25) is 19.7 Å². The number of carbonyl (C=O) groups excluding carboxylic acids is 2. The van der Waals surface area contributed by atoms with Crippen molar-refractivity contribution in [2.75, 3.05) is 31.2 Å². The molecule has 2 aromatic carbocycles.